The van der Waals surface area contributed by atoms with Gasteiger partial charge in [0.1, 0.15) is 0 Å². The van der Waals surface area contributed by atoms with Gasteiger partial charge < -0.3 is 15.7 Å². The third kappa shape index (κ3) is 6.99. The van der Waals surface area contributed by atoms with E-state index < -0.39 is 0 Å². The average molecular weight is 188 g/mol. The Morgan fingerprint density at radius 2 is 1.92 bits per heavy atom. The molecular weight excluding hydrogens is 164 g/mol. The highest BCUT2D eigenvalue weighted by atomic mass is 16.3. The molecule has 0 heterocycles. The van der Waals surface area contributed by atoms with Crippen molar-refractivity contribution >= 4 is 0 Å². The van der Waals surface area contributed by atoms with E-state index in [4.69, 9.17) is 10.8 Å². The van der Waals surface area contributed by atoms with Gasteiger partial charge in [-0.15, -0.1) is 0 Å². The average Bonchev–Trinajstić information content (AvgIpc) is 2.10. The highest BCUT2D eigenvalue weighted by Gasteiger charge is 2.08. The molecular formula is C10H24N2O. The van der Waals surface area contributed by atoms with Gasteiger partial charge in [0.2, 0.25) is 0 Å². The molecule has 0 aliphatic rings. The number of aliphatic hydroxyl groups excluding tert-OH is 1. The minimum absolute atomic E-state index is 0.278. The molecule has 1 unspecified atom stereocenters. The normalized spacial score (nSPS) is 14.1. The van der Waals surface area contributed by atoms with E-state index in [1.165, 1.54) is 0 Å². The van der Waals surface area contributed by atoms with E-state index in [9.17, 15) is 0 Å². The second kappa shape index (κ2) is 7.30. The van der Waals surface area contributed by atoms with Crippen LogP contribution in [0.5, 0.6) is 0 Å². The van der Waals surface area contributed by atoms with Gasteiger partial charge in [-0.2, -0.15) is 0 Å². The second-order valence-corrected chi connectivity index (χ2v) is 4.08. The zero-order valence-corrected chi connectivity index (χ0v) is 9.16. The molecule has 0 aromatic rings. The molecule has 13 heavy (non-hydrogen) atoms. The molecule has 0 bridgehead atoms. The molecule has 0 radical (unpaired) electrons. The Hall–Kier alpha value is -0.120. The minimum atomic E-state index is 0.278. The minimum Gasteiger partial charge on any atom is -0.396 e. The lowest BCUT2D eigenvalue weighted by molar-refractivity contribution is 0.240. The van der Waals surface area contributed by atoms with Crippen LogP contribution in [0.15, 0.2) is 0 Å². The Morgan fingerprint density at radius 1 is 1.31 bits per heavy atom. The third-order valence-corrected chi connectivity index (χ3v) is 2.40. The van der Waals surface area contributed by atoms with Crippen LogP contribution < -0.4 is 5.73 Å². The molecule has 0 rings (SSSR count). The SMILES string of the molecule is CC(C)C(N)CCN(C)CCCO. The van der Waals surface area contributed by atoms with Crippen molar-refractivity contribution < 1.29 is 5.11 Å². The fraction of sp³-hybridized carbons (Fsp3) is 1.00. The summed E-state index contributed by atoms with van der Waals surface area (Å²) in [5.41, 5.74) is 5.92. The summed E-state index contributed by atoms with van der Waals surface area (Å²) in [5, 5.41) is 8.63. The lowest BCUT2D eigenvalue weighted by atomic mass is 10.0. The Balaban J connectivity index is 3.40. The van der Waals surface area contributed by atoms with Crippen molar-refractivity contribution in [2.45, 2.75) is 32.7 Å². The van der Waals surface area contributed by atoms with Gasteiger partial charge in [0, 0.05) is 19.2 Å². The van der Waals surface area contributed by atoms with Gasteiger partial charge in [-0.3, -0.25) is 0 Å². The fourth-order valence-electron chi connectivity index (χ4n) is 1.16. The number of nitrogens with zero attached hydrogens (tertiary/aromatic N) is 1. The monoisotopic (exact) mass is 188 g/mol. The maximum absolute atomic E-state index is 8.63. The smallest absolute Gasteiger partial charge is 0.0443 e. The van der Waals surface area contributed by atoms with Crippen molar-refractivity contribution in [1.82, 2.24) is 4.90 Å². The first kappa shape index (κ1) is 12.9. The maximum atomic E-state index is 8.63. The molecule has 0 aliphatic carbocycles. The molecule has 0 amide bonds. The molecule has 0 aliphatic heterocycles. The lowest BCUT2D eigenvalue weighted by Crippen LogP contribution is -2.32. The third-order valence-electron chi connectivity index (χ3n) is 2.40. The van der Waals surface area contributed by atoms with Crippen LogP contribution in [0.1, 0.15) is 26.7 Å². The number of hydrogen-bond donors (Lipinski definition) is 2. The highest BCUT2D eigenvalue weighted by molar-refractivity contribution is 4.67. The molecule has 0 fully saturated rings. The van der Waals surface area contributed by atoms with Gasteiger partial charge in [-0.1, -0.05) is 13.8 Å². The van der Waals surface area contributed by atoms with E-state index in [1.54, 1.807) is 0 Å². The summed E-state index contributed by atoms with van der Waals surface area (Å²) in [5.74, 6) is 0.561. The summed E-state index contributed by atoms with van der Waals surface area (Å²) in [4.78, 5) is 2.22. The van der Waals surface area contributed by atoms with Crippen LogP contribution in [-0.4, -0.2) is 42.8 Å². The van der Waals surface area contributed by atoms with Crippen LogP contribution in [0.25, 0.3) is 0 Å². The van der Waals surface area contributed by atoms with E-state index in [0.717, 1.165) is 25.9 Å². The summed E-state index contributed by atoms with van der Waals surface area (Å²) in [6.07, 6.45) is 1.90. The predicted octanol–water partition coefficient (Wildman–Crippen LogP) is 0.674. The lowest BCUT2D eigenvalue weighted by Gasteiger charge is -2.20. The Kier molecular flexibility index (Phi) is 7.23. The van der Waals surface area contributed by atoms with Crippen LogP contribution in [0.4, 0.5) is 0 Å². The summed E-state index contributed by atoms with van der Waals surface area (Å²) < 4.78 is 0. The summed E-state index contributed by atoms with van der Waals surface area (Å²) in [6, 6.07) is 0.302. The highest BCUT2D eigenvalue weighted by Crippen LogP contribution is 2.03. The summed E-state index contributed by atoms with van der Waals surface area (Å²) >= 11 is 0. The molecule has 3 nitrogen and oxygen atoms in total. The van der Waals surface area contributed by atoms with Crippen molar-refractivity contribution in [1.29, 1.82) is 0 Å². The zero-order valence-electron chi connectivity index (χ0n) is 9.16. The van der Waals surface area contributed by atoms with E-state index in [0.29, 0.717) is 12.0 Å². The van der Waals surface area contributed by atoms with E-state index in [1.807, 2.05) is 0 Å². The molecule has 3 heteroatoms. The molecule has 0 aromatic carbocycles. The van der Waals surface area contributed by atoms with Crippen LogP contribution in [0.2, 0.25) is 0 Å². The Bertz CT molecular complexity index is 117. The first-order valence-corrected chi connectivity index (χ1v) is 5.13. The zero-order chi connectivity index (χ0) is 10.3. The van der Waals surface area contributed by atoms with Crippen LogP contribution >= 0.6 is 0 Å². The van der Waals surface area contributed by atoms with Gasteiger partial charge in [-0.05, 0) is 32.4 Å². The Labute approximate surface area is 81.9 Å². The largest absolute Gasteiger partial charge is 0.396 e. The van der Waals surface area contributed by atoms with Gasteiger partial charge in [-0.25, -0.2) is 0 Å². The van der Waals surface area contributed by atoms with Gasteiger partial charge in [0.25, 0.3) is 0 Å². The summed E-state index contributed by atoms with van der Waals surface area (Å²) in [7, 11) is 2.07. The number of aliphatic hydroxyl groups is 1. The number of rotatable bonds is 7. The topological polar surface area (TPSA) is 49.5 Å². The first-order chi connectivity index (χ1) is 6.07. The molecule has 0 saturated heterocycles. The standard InChI is InChI=1S/C10H24N2O/c1-9(2)10(11)5-7-12(3)6-4-8-13/h9-10,13H,4-8,11H2,1-3H3. The number of nitrogens with two attached hydrogens (primary N) is 1. The molecule has 80 valence electrons. The van der Waals surface area contributed by atoms with Crippen LogP contribution in [-0.2, 0) is 0 Å². The van der Waals surface area contributed by atoms with Gasteiger partial charge in [0.15, 0.2) is 0 Å². The van der Waals surface area contributed by atoms with E-state index in [2.05, 4.69) is 25.8 Å². The van der Waals surface area contributed by atoms with Crippen LogP contribution in [0.3, 0.4) is 0 Å². The van der Waals surface area contributed by atoms with E-state index in [-0.39, 0.29) is 6.61 Å². The van der Waals surface area contributed by atoms with E-state index >= 15 is 0 Å². The van der Waals surface area contributed by atoms with Crippen molar-refractivity contribution in [2.75, 3.05) is 26.7 Å². The van der Waals surface area contributed by atoms with Crippen molar-refractivity contribution in [2.24, 2.45) is 11.7 Å². The Morgan fingerprint density at radius 3 is 2.38 bits per heavy atom. The van der Waals surface area contributed by atoms with Crippen molar-refractivity contribution in [3.05, 3.63) is 0 Å². The van der Waals surface area contributed by atoms with Crippen molar-refractivity contribution in [3.63, 3.8) is 0 Å². The predicted molar refractivity (Wildman–Crippen MR) is 56.6 cm³/mol. The number of hydrogen-bond acceptors (Lipinski definition) is 3. The van der Waals surface area contributed by atoms with Crippen molar-refractivity contribution in [3.8, 4) is 0 Å². The molecule has 0 saturated carbocycles. The summed E-state index contributed by atoms with van der Waals surface area (Å²) in [6.45, 7) is 6.57. The second-order valence-electron chi connectivity index (χ2n) is 4.08. The van der Waals surface area contributed by atoms with Gasteiger partial charge >= 0.3 is 0 Å². The van der Waals surface area contributed by atoms with Crippen LogP contribution in [0, 0.1) is 5.92 Å². The van der Waals surface area contributed by atoms with Gasteiger partial charge in [0.05, 0.1) is 0 Å². The molecule has 1 atom stereocenters. The molecule has 0 aromatic heterocycles. The quantitative estimate of drug-likeness (QED) is 0.617. The maximum Gasteiger partial charge on any atom is 0.0443 e. The molecule has 0 spiro atoms. The molecule has 3 N–H and O–H groups in total. The first-order valence-electron chi connectivity index (χ1n) is 5.13. The fourth-order valence-corrected chi connectivity index (χ4v) is 1.16.